The Labute approximate surface area is 201 Å². The van der Waals surface area contributed by atoms with Crippen molar-refractivity contribution in [3.63, 3.8) is 0 Å². The maximum atomic E-state index is 13.1. The number of halogens is 1. The van der Waals surface area contributed by atoms with E-state index in [0.29, 0.717) is 5.13 Å². The number of rotatable bonds is 4. The van der Waals surface area contributed by atoms with Crippen LogP contribution >= 0.6 is 27.3 Å². The lowest BCUT2D eigenvalue weighted by molar-refractivity contribution is 0.100. The first-order chi connectivity index (χ1) is 15.8. The predicted molar refractivity (Wildman–Crippen MR) is 130 cm³/mol. The molecule has 33 heavy (non-hydrogen) atoms. The Morgan fingerprint density at radius 3 is 2.45 bits per heavy atom. The van der Waals surface area contributed by atoms with Crippen LogP contribution in [0.4, 0.5) is 10.8 Å². The van der Waals surface area contributed by atoms with Crippen LogP contribution in [0.1, 0.15) is 20.7 Å². The highest BCUT2D eigenvalue weighted by Gasteiger charge is 2.42. The summed E-state index contributed by atoms with van der Waals surface area (Å²) in [6, 6.07) is 19.9. The second-order valence-electron chi connectivity index (χ2n) is 7.12. The zero-order valence-electron chi connectivity index (χ0n) is 16.7. The van der Waals surface area contributed by atoms with Gasteiger partial charge in [-0.05, 0) is 42.5 Å². The third-order valence-corrected chi connectivity index (χ3v) is 8.07. The highest BCUT2D eigenvalue weighted by Crippen LogP contribution is 2.36. The first-order valence-electron chi connectivity index (χ1n) is 9.66. The summed E-state index contributed by atoms with van der Waals surface area (Å²) in [4.78, 5) is 29.9. The molecule has 0 bridgehead atoms. The van der Waals surface area contributed by atoms with Crippen LogP contribution in [-0.2, 0) is 10.0 Å². The Bertz CT molecular complexity index is 1500. The molecule has 0 radical (unpaired) electrons. The molecule has 2 heterocycles. The van der Waals surface area contributed by atoms with Gasteiger partial charge >= 0.3 is 0 Å². The van der Waals surface area contributed by atoms with E-state index in [1.165, 1.54) is 41.7 Å². The Hall–Kier alpha value is -3.34. The fourth-order valence-electron chi connectivity index (χ4n) is 3.45. The molecule has 0 atom stereocenters. The molecule has 0 saturated heterocycles. The average molecular weight is 540 g/mol. The highest BCUT2D eigenvalue weighted by molar-refractivity contribution is 9.10. The molecule has 1 aromatic heterocycles. The van der Waals surface area contributed by atoms with E-state index in [2.05, 4.69) is 26.2 Å². The van der Waals surface area contributed by atoms with Gasteiger partial charge in [-0.1, -0.05) is 46.3 Å². The van der Waals surface area contributed by atoms with Crippen molar-refractivity contribution >= 4 is 59.9 Å². The van der Waals surface area contributed by atoms with Gasteiger partial charge in [-0.2, -0.15) is 4.31 Å². The number of amides is 2. The number of thiazole rings is 1. The molecule has 1 aliphatic heterocycles. The topological polar surface area (TPSA) is 96.4 Å². The first-order valence-corrected chi connectivity index (χ1v) is 12.8. The van der Waals surface area contributed by atoms with E-state index in [-0.39, 0.29) is 21.7 Å². The summed E-state index contributed by atoms with van der Waals surface area (Å²) in [6.45, 7) is 0. The van der Waals surface area contributed by atoms with Gasteiger partial charge in [0, 0.05) is 21.0 Å². The van der Waals surface area contributed by atoms with Crippen LogP contribution < -0.4 is 9.62 Å². The number of nitrogens with one attached hydrogen (secondary N) is 1. The third-order valence-electron chi connectivity index (χ3n) is 5.03. The van der Waals surface area contributed by atoms with Gasteiger partial charge in [-0.25, -0.2) is 13.4 Å². The number of carbonyl (C=O) groups is 2. The van der Waals surface area contributed by atoms with Crippen molar-refractivity contribution in [2.75, 3.05) is 9.62 Å². The fraction of sp³-hybridized carbons (Fsp3) is 0. The van der Waals surface area contributed by atoms with Crippen LogP contribution in [0.3, 0.4) is 0 Å². The number of aromatic nitrogens is 1. The maximum Gasteiger partial charge on any atom is 0.273 e. The highest BCUT2D eigenvalue weighted by atomic mass is 79.9. The summed E-state index contributed by atoms with van der Waals surface area (Å²) < 4.78 is 27.8. The Kier molecular flexibility index (Phi) is 5.35. The Morgan fingerprint density at radius 2 is 1.73 bits per heavy atom. The van der Waals surface area contributed by atoms with E-state index in [9.17, 15) is 18.0 Å². The molecule has 7 nitrogen and oxygen atoms in total. The summed E-state index contributed by atoms with van der Waals surface area (Å²) in [6.07, 6.45) is 0. The van der Waals surface area contributed by atoms with Crippen LogP contribution in [-0.4, -0.2) is 25.2 Å². The van der Waals surface area contributed by atoms with Crippen molar-refractivity contribution in [3.05, 3.63) is 93.8 Å². The van der Waals surface area contributed by atoms with Crippen LogP contribution in [0.2, 0.25) is 0 Å². The predicted octanol–water partition coefficient (Wildman–Crippen LogP) is 5.17. The molecule has 0 spiro atoms. The zero-order valence-corrected chi connectivity index (χ0v) is 19.9. The van der Waals surface area contributed by atoms with E-state index in [1.54, 1.807) is 12.1 Å². The zero-order chi connectivity index (χ0) is 23.2. The van der Waals surface area contributed by atoms with Crippen molar-refractivity contribution in [3.8, 4) is 11.3 Å². The minimum Gasteiger partial charge on any atom is -0.298 e. The minimum absolute atomic E-state index is 0.0232. The molecule has 0 fully saturated rings. The number of sulfonamides is 1. The lowest BCUT2D eigenvalue weighted by atomic mass is 10.1. The number of benzene rings is 3. The summed E-state index contributed by atoms with van der Waals surface area (Å²) in [7, 11) is -4.15. The van der Waals surface area contributed by atoms with Crippen molar-refractivity contribution in [1.29, 1.82) is 0 Å². The molecule has 0 aliphatic carbocycles. The molecule has 3 aromatic carbocycles. The fourth-order valence-corrected chi connectivity index (χ4v) is 6.05. The number of fused-ring (bicyclic) bond motifs is 1. The molecule has 5 rings (SSSR count). The van der Waals surface area contributed by atoms with Crippen LogP contribution in [0.25, 0.3) is 11.3 Å². The van der Waals surface area contributed by atoms with Gasteiger partial charge in [0.05, 0.1) is 16.9 Å². The van der Waals surface area contributed by atoms with Gasteiger partial charge in [0.15, 0.2) is 5.13 Å². The van der Waals surface area contributed by atoms with Crippen molar-refractivity contribution in [2.45, 2.75) is 4.90 Å². The quantitative estimate of drug-likeness (QED) is 0.385. The molecule has 4 aromatic rings. The third kappa shape index (κ3) is 3.86. The number of hydrogen-bond donors (Lipinski definition) is 1. The van der Waals surface area contributed by atoms with E-state index < -0.39 is 21.8 Å². The number of anilines is 2. The number of nitrogens with zero attached hydrogens (tertiary/aromatic N) is 2. The molecule has 1 aliphatic rings. The number of hydrogen-bond acceptors (Lipinski definition) is 6. The van der Waals surface area contributed by atoms with Gasteiger partial charge in [0.2, 0.25) is 0 Å². The maximum absolute atomic E-state index is 13.1. The van der Waals surface area contributed by atoms with Crippen molar-refractivity contribution < 1.29 is 18.0 Å². The van der Waals surface area contributed by atoms with Crippen LogP contribution in [0.15, 0.2) is 87.5 Å². The van der Waals surface area contributed by atoms with Crippen molar-refractivity contribution in [1.82, 2.24) is 4.98 Å². The molecule has 164 valence electrons. The Morgan fingerprint density at radius 1 is 1.00 bits per heavy atom. The van der Waals surface area contributed by atoms with E-state index in [1.807, 2.05) is 35.7 Å². The Balaban J connectivity index is 1.42. The summed E-state index contributed by atoms with van der Waals surface area (Å²) in [5.74, 6) is -1.18. The number of carbonyl (C=O) groups excluding carboxylic acids is 2. The summed E-state index contributed by atoms with van der Waals surface area (Å²) in [5, 5.41) is 4.91. The molecule has 0 unspecified atom stereocenters. The van der Waals surface area contributed by atoms with Crippen molar-refractivity contribution in [2.24, 2.45) is 0 Å². The molecule has 0 saturated carbocycles. The minimum atomic E-state index is -4.15. The average Bonchev–Trinajstić information content (AvgIpc) is 3.36. The van der Waals surface area contributed by atoms with Gasteiger partial charge in [-0.15, -0.1) is 11.3 Å². The molecule has 2 amide bonds. The first kappa shape index (κ1) is 21.5. The standard InChI is InChI=1S/C23H14BrN3O4S2/c24-16-7-9-17(10-8-16)27-22(29)18-11-6-15(12-20(18)33(27,30)31)21(28)26-23-25-19(13-32-23)14-4-2-1-3-5-14/h1-13H,(H,25,26,28). The van der Waals surface area contributed by atoms with Gasteiger partial charge < -0.3 is 0 Å². The van der Waals surface area contributed by atoms with E-state index >= 15 is 0 Å². The van der Waals surface area contributed by atoms with Crippen LogP contribution in [0.5, 0.6) is 0 Å². The SMILES string of the molecule is O=C(Nc1nc(-c2ccccc2)cs1)c1ccc2c(c1)S(=O)(=O)N(c1ccc(Br)cc1)C2=O. The largest absolute Gasteiger partial charge is 0.298 e. The van der Waals surface area contributed by atoms with Gasteiger partial charge in [0.25, 0.3) is 21.8 Å². The molecular weight excluding hydrogens is 526 g/mol. The summed E-state index contributed by atoms with van der Waals surface area (Å²) in [5.41, 5.74) is 2.00. The second-order valence-corrected chi connectivity index (χ2v) is 10.6. The molecule has 1 N–H and O–H groups in total. The van der Waals surface area contributed by atoms with E-state index in [4.69, 9.17) is 0 Å². The van der Waals surface area contributed by atoms with Gasteiger partial charge in [0.1, 0.15) is 4.90 Å². The lowest BCUT2D eigenvalue weighted by Gasteiger charge is -2.15. The lowest BCUT2D eigenvalue weighted by Crippen LogP contribution is -2.29. The smallest absolute Gasteiger partial charge is 0.273 e. The molecule has 10 heteroatoms. The monoisotopic (exact) mass is 539 g/mol. The van der Waals surface area contributed by atoms with E-state index in [0.717, 1.165) is 20.0 Å². The van der Waals surface area contributed by atoms with Gasteiger partial charge in [-0.3, -0.25) is 14.9 Å². The van der Waals surface area contributed by atoms with Crippen LogP contribution in [0, 0.1) is 0 Å². The molecular formula is C23H14BrN3O4S2. The normalized spacial score (nSPS) is 14.2. The summed E-state index contributed by atoms with van der Waals surface area (Å²) >= 11 is 4.56. The second kappa shape index (κ2) is 8.22.